The Bertz CT molecular complexity index is 1810. The molecule has 0 aliphatic rings. The molecule has 0 unspecified atom stereocenters. The Morgan fingerprint density at radius 1 is 1.07 bits per heavy atom. The molecule has 0 fully saturated rings. The molecule has 4 aromatic rings. The SMILES string of the molecule is C=N/C(=C\C=C/C)NC(=O)c1ccc(-n2c(=O)n(-c3cccc(N(C)C(=O)/C=C/CN(C)C)c3)c3ncnc(N)c32)cc1. The largest absolute Gasteiger partial charge is 0.382 e. The van der Waals surface area contributed by atoms with Crippen molar-refractivity contribution >= 4 is 41.2 Å². The number of rotatable bonds is 10. The van der Waals surface area contributed by atoms with Crippen LogP contribution in [0.3, 0.4) is 0 Å². The Morgan fingerprint density at radius 2 is 1.81 bits per heavy atom. The summed E-state index contributed by atoms with van der Waals surface area (Å²) in [5, 5.41) is 2.69. The van der Waals surface area contributed by atoms with Crippen LogP contribution in [0, 0.1) is 0 Å². The molecular formula is C31H33N9O3. The number of allylic oxidation sites excluding steroid dienone is 3. The van der Waals surface area contributed by atoms with E-state index < -0.39 is 5.69 Å². The van der Waals surface area contributed by atoms with Crippen LogP contribution in [0.4, 0.5) is 11.5 Å². The molecule has 0 atom stereocenters. The summed E-state index contributed by atoms with van der Waals surface area (Å²) in [7, 11) is 5.49. The zero-order valence-corrected chi connectivity index (χ0v) is 24.4. The van der Waals surface area contributed by atoms with Crippen molar-refractivity contribution < 1.29 is 9.59 Å². The van der Waals surface area contributed by atoms with Crippen LogP contribution < -0.4 is 21.6 Å². The van der Waals surface area contributed by atoms with Crippen LogP contribution in [-0.4, -0.2) is 70.2 Å². The third-order valence-electron chi connectivity index (χ3n) is 6.43. The summed E-state index contributed by atoms with van der Waals surface area (Å²) >= 11 is 0. The number of anilines is 2. The smallest absolute Gasteiger partial charge is 0.339 e. The van der Waals surface area contributed by atoms with Gasteiger partial charge in [-0.2, -0.15) is 0 Å². The van der Waals surface area contributed by atoms with E-state index in [2.05, 4.69) is 27.0 Å². The lowest BCUT2D eigenvalue weighted by Gasteiger charge is -2.16. The maximum absolute atomic E-state index is 14.0. The number of carbonyl (C=O) groups excluding carboxylic acids is 2. The van der Waals surface area contributed by atoms with Crippen molar-refractivity contribution in [1.82, 2.24) is 29.3 Å². The van der Waals surface area contributed by atoms with Crippen molar-refractivity contribution in [3.63, 3.8) is 0 Å². The van der Waals surface area contributed by atoms with Crippen molar-refractivity contribution in [1.29, 1.82) is 0 Å². The van der Waals surface area contributed by atoms with Crippen molar-refractivity contribution in [3.8, 4) is 11.4 Å². The number of imidazole rings is 1. The Labute approximate surface area is 248 Å². The first kappa shape index (κ1) is 30.3. The maximum atomic E-state index is 14.0. The van der Waals surface area contributed by atoms with E-state index >= 15 is 0 Å². The number of carbonyl (C=O) groups is 2. The van der Waals surface area contributed by atoms with Crippen LogP contribution in [0.15, 0.2) is 101 Å². The van der Waals surface area contributed by atoms with Crippen LogP contribution in [0.1, 0.15) is 17.3 Å². The standard InChI is InChI=1S/C31H33N9O3/c1-6-7-12-25(33-2)36-30(42)21-14-16-22(17-15-21)39-27-28(32)34-20-35-29(27)40(31(39)43)24-11-8-10-23(19-24)38(5)26(41)13-9-18-37(3)4/h6-17,19-20H,2,18H2,1,3-5H3,(H,36,42)(H2,32,34,35)/b7-6-,13-9+,25-12+. The van der Waals surface area contributed by atoms with Gasteiger partial charge in [-0.1, -0.05) is 24.3 Å². The summed E-state index contributed by atoms with van der Waals surface area (Å²) < 4.78 is 2.80. The Kier molecular flexibility index (Phi) is 9.43. The second-order valence-corrected chi connectivity index (χ2v) is 9.70. The van der Waals surface area contributed by atoms with Crippen LogP contribution in [0.25, 0.3) is 22.5 Å². The van der Waals surface area contributed by atoms with Crippen molar-refractivity contribution in [2.45, 2.75) is 6.92 Å². The lowest BCUT2D eigenvalue weighted by atomic mass is 10.2. The number of benzene rings is 2. The normalized spacial score (nSPS) is 12.0. The van der Waals surface area contributed by atoms with Gasteiger partial charge in [0.1, 0.15) is 17.7 Å². The molecular weight excluding hydrogens is 546 g/mol. The van der Waals surface area contributed by atoms with Gasteiger partial charge >= 0.3 is 5.69 Å². The number of hydrogen-bond donors (Lipinski definition) is 2. The van der Waals surface area contributed by atoms with Gasteiger partial charge in [-0.05, 0) is 76.3 Å². The third-order valence-corrected chi connectivity index (χ3v) is 6.43. The third kappa shape index (κ3) is 6.66. The first-order chi connectivity index (χ1) is 20.7. The highest BCUT2D eigenvalue weighted by atomic mass is 16.2. The first-order valence-electron chi connectivity index (χ1n) is 13.3. The molecule has 3 N–H and O–H groups in total. The number of nitrogen functional groups attached to an aromatic ring is 1. The highest BCUT2D eigenvalue weighted by molar-refractivity contribution is 6.01. The van der Waals surface area contributed by atoms with Gasteiger partial charge in [-0.15, -0.1) is 0 Å². The van der Waals surface area contributed by atoms with E-state index in [1.54, 1.807) is 79.9 Å². The molecule has 220 valence electrons. The van der Waals surface area contributed by atoms with E-state index in [1.807, 2.05) is 25.9 Å². The number of aliphatic imine (C=N–C) groups is 1. The fourth-order valence-corrected chi connectivity index (χ4v) is 4.24. The van der Waals surface area contributed by atoms with E-state index in [0.717, 1.165) is 0 Å². The molecule has 2 aromatic carbocycles. The molecule has 2 aromatic heterocycles. The number of nitrogens with one attached hydrogen (secondary N) is 1. The maximum Gasteiger partial charge on any atom is 0.339 e. The fraction of sp³-hybridized carbons (Fsp3) is 0.161. The van der Waals surface area contributed by atoms with Gasteiger partial charge in [0.2, 0.25) is 5.91 Å². The van der Waals surface area contributed by atoms with Crippen LogP contribution >= 0.6 is 0 Å². The molecule has 0 bridgehead atoms. The average molecular weight is 580 g/mol. The predicted molar refractivity (Wildman–Crippen MR) is 170 cm³/mol. The number of nitrogens with zero attached hydrogens (tertiary/aromatic N) is 7. The van der Waals surface area contributed by atoms with Gasteiger partial charge in [0, 0.05) is 30.9 Å². The molecule has 12 nitrogen and oxygen atoms in total. The first-order valence-corrected chi connectivity index (χ1v) is 13.3. The summed E-state index contributed by atoms with van der Waals surface area (Å²) in [6.45, 7) is 5.95. The minimum Gasteiger partial charge on any atom is -0.382 e. The Morgan fingerprint density at radius 3 is 2.49 bits per heavy atom. The van der Waals surface area contributed by atoms with Crippen molar-refractivity contribution in [2.75, 3.05) is 38.3 Å². The number of likely N-dealkylation sites (N-methyl/N-ethyl adjacent to an activating group) is 2. The summed E-state index contributed by atoms with van der Waals surface area (Å²) in [4.78, 5) is 55.2. The predicted octanol–water partition coefficient (Wildman–Crippen LogP) is 3.08. The number of nitrogens with two attached hydrogens (primary N) is 1. The second-order valence-electron chi connectivity index (χ2n) is 9.70. The number of amides is 2. The number of aromatic nitrogens is 4. The Balaban J connectivity index is 1.74. The van der Waals surface area contributed by atoms with Crippen molar-refractivity contribution in [3.05, 3.63) is 107 Å². The van der Waals surface area contributed by atoms with Gasteiger partial charge in [-0.3, -0.25) is 14.2 Å². The zero-order chi connectivity index (χ0) is 31.1. The highest BCUT2D eigenvalue weighted by Crippen LogP contribution is 2.25. The van der Waals surface area contributed by atoms with Gasteiger partial charge in [-0.25, -0.2) is 24.3 Å². The van der Waals surface area contributed by atoms with E-state index in [4.69, 9.17) is 5.73 Å². The molecule has 2 amide bonds. The van der Waals surface area contributed by atoms with E-state index in [1.165, 1.54) is 26.4 Å². The summed E-state index contributed by atoms with van der Waals surface area (Å²) in [5.41, 5.74) is 8.24. The summed E-state index contributed by atoms with van der Waals surface area (Å²) in [5.74, 6) is -0.194. The molecule has 0 aliphatic heterocycles. The zero-order valence-electron chi connectivity index (χ0n) is 24.4. The van der Waals surface area contributed by atoms with Gasteiger partial charge in [0.25, 0.3) is 5.91 Å². The van der Waals surface area contributed by atoms with E-state index in [9.17, 15) is 14.4 Å². The van der Waals surface area contributed by atoms with E-state index in [-0.39, 0.29) is 23.3 Å². The molecule has 0 saturated heterocycles. The minimum atomic E-state index is -0.455. The molecule has 2 heterocycles. The average Bonchev–Trinajstić information content (AvgIpc) is 3.31. The molecule has 0 spiro atoms. The summed E-state index contributed by atoms with van der Waals surface area (Å²) in [6.07, 6.45) is 9.74. The monoisotopic (exact) mass is 579 g/mol. The number of hydrogen-bond acceptors (Lipinski definition) is 8. The minimum absolute atomic E-state index is 0.105. The van der Waals surface area contributed by atoms with Crippen LogP contribution in [0.2, 0.25) is 0 Å². The van der Waals surface area contributed by atoms with E-state index in [0.29, 0.717) is 40.5 Å². The van der Waals surface area contributed by atoms with Gasteiger partial charge in [0.15, 0.2) is 11.5 Å². The molecule has 4 rings (SSSR count). The van der Waals surface area contributed by atoms with Gasteiger partial charge < -0.3 is 20.9 Å². The quantitative estimate of drug-likeness (QED) is 0.167. The summed E-state index contributed by atoms with van der Waals surface area (Å²) in [6, 6.07) is 13.4. The topological polar surface area (TPSA) is 144 Å². The molecule has 43 heavy (non-hydrogen) atoms. The molecule has 0 radical (unpaired) electrons. The van der Waals surface area contributed by atoms with Crippen LogP contribution in [-0.2, 0) is 4.79 Å². The van der Waals surface area contributed by atoms with Gasteiger partial charge in [0.05, 0.1) is 11.4 Å². The lowest BCUT2D eigenvalue weighted by Crippen LogP contribution is -2.25. The molecule has 12 heteroatoms. The number of fused-ring (bicyclic) bond motifs is 1. The van der Waals surface area contributed by atoms with Crippen LogP contribution in [0.5, 0.6) is 0 Å². The second kappa shape index (κ2) is 13.4. The lowest BCUT2D eigenvalue weighted by molar-refractivity contribution is -0.113. The van der Waals surface area contributed by atoms with Crippen molar-refractivity contribution in [2.24, 2.45) is 4.99 Å². The highest BCUT2D eigenvalue weighted by Gasteiger charge is 2.21. The molecule has 0 aliphatic carbocycles. The molecule has 0 saturated carbocycles. The Hall–Kier alpha value is -5.62. The fourth-order valence-electron chi connectivity index (χ4n) is 4.24.